The quantitative estimate of drug-likeness (QED) is 0.565. The zero-order valence-corrected chi connectivity index (χ0v) is 8.04. The fourth-order valence-corrected chi connectivity index (χ4v) is 2.03. The smallest absolute Gasteiger partial charge is 0.322 e. The van der Waals surface area contributed by atoms with Crippen molar-refractivity contribution < 1.29 is 18.3 Å². The first-order chi connectivity index (χ1) is 5.91. The molecule has 6 nitrogen and oxygen atoms in total. The predicted octanol–water partition coefficient (Wildman–Crippen LogP) is -1.70. The van der Waals surface area contributed by atoms with Crippen LogP contribution in [0.2, 0.25) is 0 Å². The predicted molar refractivity (Wildman–Crippen MR) is 45.8 cm³/mol. The Labute approximate surface area is 76.6 Å². The first-order valence-electron chi connectivity index (χ1n) is 3.82. The second-order valence-corrected chi connectivity index (χ2v) is 4.95. The molecule has 1 saturated heterocycles. The number of carboxylic acids is 1. The molecule has 1 aliphatic rings. The van der Waals surface area contributed by atoms with Gasteiger partial charge in [0.15, 0.2) is 0 Å². The van der Waals surface area contributed by atoms with Crippen molar-refractivity contribution in [3.8, 4) is 0 Å². The molecule has 1 aliphatic heterocycles. The second kappa shape index (κ2) is 3.60. The van der Waals surface area contributed by atoms with Crippen LogP contribution >= 0.6 is 0 Å². The van der Waals surface area contributed by atoms with Crippen LogP contribution in [-0.2, 0) is 14.8 Å². The van der Waals surface area contributed by atoms with E-state index in [2.05, 4.69) is 5.32 Å². The molecule has 0 amide bonds. The van der Waals surface area contributed by atoms with E-state index in [1.807, 2.05) is 0 Å². The van der Waals surface area contributed by atoms with E-state index in [4.69, 9.17) is 5.11 Å². The molecule has 13 heavy (non-hydrogen) atoms. The van der Waals surface area contributed by atoms with Crippen molar-refractivity contribution in [1.29, 1.82) is 0 Å². The van der Waals surface area contributed by atoms with Crippen LogP contribution < -0.4 is 5.32 Å². The van der Waals surface area contributed by atoms with E-state index < -0.39 is 22.0 Å². The molecule has 1 atom stereocenters. The van der Waals surface area contributed by atoms with Crippen LogP contribution in [0, 0.1) is 0 Å². The summed E-state index contributed by atoms with van der Waals surface area (Å²) in [6.45, 7) is 0.723. The number of aliphatic carboxylic acids is 1. The molecule has 0 spiro atoms. The highest BCUT2D eigenvalue weighted by Crippen LogP contribution is 2.03. The van der Waals surface area contributed by atoms with Crippen LogP contribution in [-0.4, -0.2) is 55.7 Å². The number of nitrogens with one attached hydrogen (secondary N) is 1. The van der Waals surface area contributed by atoms with Gasteiger partial charge < -0.3 is 10.4 Å². The van der Waals surface area contributed by atoms with Crippen LogP contribution in [0.5, 0.6) is 0 Å². The van der Waals surface area contributed by atoms with Gasteiger partial charge >= 0.3 is 5.97 Å². The minimum atomic E-state index is -3.26. The molecular weight excluding hydrogens is 196 g/mol. The maximum Gasteiger partial charge on any atom is 0.322 e. The third-order valence-corrected chi connectivity index (χ3v) is 3.17. The molecule has 7 heteroatoms. The number of carbonyl (C=O) groups is 1. The Bertz CT molecular complexity index is 300. The summed E-state index contributed by atoms with van der Waals surface area (Å²) in [5.74, 6) is -1.02. The summed E-state index contributed by atoms with van der Waals surface area (Å²) in [5.41, 5.74) is 0. The molecule has 0 aromatic carbocycles. The zero-order valence-electron chi connectivity index (χ0n) is 7.23. The van der Waals surface area contributed by atoms with E-state index in [9.17, 15) is 13.2 Å². The molecule has 0 radical (unpaired) electrons. The van der Waals surface area contributed by atoms with Crippen molar-refractivity contribution in [3.05, 3.63) is 0 Å². The molecule has 0 unspecified atom stereocenters. The van der Waals surface area contributed by atoms with Gasteiger partial charge in [0.1, 0.15) is 6.04 Å². The van der Waals surface area contributed by atoms with Crippen molar-refractivity contribution in [2.45, 2.75) is 6.04 Å². The molecule has 1 rings (SSSR count). The number of carboxylic acid groups (broad SMARTS) is 1. The van der Waals surface area contributed by atoms with Gasteiger partial charge in [-0.1, -0.05) is 0 Å². The maximum absolute atomic E-state index is 11.1. The van der Waals surface area contributed by atoms with E-state index in [0.29, 0.717) is 13.1 Å². The number of hydrogen-bond donors (Lipinski definition) is 2. The molecule has 1 fully saturated rings. The van der Waals surface area contributed by atoms with E-state index in [0.717, 1.165) is 6.26 Å². The lowest BCUT2D eigenvalue weighted by Gasteiger charge is -2.29. The standard InChI is InChI=1S/C6H12N2O4S/c1-13(11,12)8-3-2-7-5(4-8)6(9)10/h5,7H,2-4H2,1H3,(H,9,10)/t5-/m1/s1. The first-order valence-corrected chi connectivity index (χ1v) is 5.67. The average Bonchev–Trinajstić information content (AvgIpc) is 2.03. The van der Waals surface area contributed by atoms with E-state index in [-0.39, 0.29) is 6.54 Å². The van der Waals surface area contributed by atoms with Crippen LogP contribution in [0.3, 0.4) is 0 Å². The van der Waals surface area contributed by atoms with Crippen molar-refractivity contribution >= 4 is 16.0 Å². The second-order valence-electron chi connectivity index (χ2n) is 2.97. The van der Waals surface area contributed by atoms with Crippen LogP contribution in [0.15, 0.2) is 0 Å². The van der Waals surface area contributed by atoms with Crippen LogP contribution in [0.25, 0.3) is 0 Å². The van der Waals surface area contributed by atoms with Gasteiger partial charge in [0, 0.05) is 19.6 Å². The van der Waals surface area contributed by atoms with Gasteiger partial charge in [-0.25, -0.2) is 8.42 Å². The number of rotatable bonds is 2. The Kier molecular flexibility index (Phi) is 2.89. The highest BCUT2D eigenvalue weighted by Gasteiger charge is 2.29. The van der Waals surface area contributed by atoms with E-state index in [1.54, 1.807) is 0 Å². The minimum absolute atomic E-state index is 0.00810. The van der Waals surface area contributed by atoms with Crippen LogP contribution in [0.1, 0.15) is 0 Å². The molecule has 0 aromatic rings. The molecule has 0 aromatic heterocycles. The van der Waals surface area contributed by atoms with Gasteiger partial charge in [0.2, 0.25) is 10.0 Å². The lowest BCUT2D eigenvalue weighted by molar-refractivity contribution is -0.140. The number of hydrogen-bond acceptors (Lipinski definition) is 4. The zero-order chi connectivity index (χ0) is 10.1. The SMILES string of the molecule is CS(=O)(=O)N1CCN[C@@H](C(=O)O)C1. The van der Waals surface area contributed by atoms with Crippen molar-refractivity contribution in [3.63, 3.8) is 0 Å². The minimum Gasteiger partial charge on any atom is -0.480 e. The topological polar surface area (TPSA) is 86.7 Å². The average molecular weight is 208 g/mol. The summed E-state index contributed by atoms with van der Waals surface area (Å²) in [7, 11) is -3.26. The molecule has 1 heterocycles. The van der Waals surface area contributed by atoms with Gasteiger partial charge in [-0.3, -0.25) is 4.79 Å². The largest absolute Gasteiger partial charge is 0.480 e. The third-order valence-electron chi connectivity index (χ3n) is 1.91. The summed E-state index contributed by atoms with van der Waals surface area (Å²) in [6.07, 6.45) is 1.08. The lowest BCUT2D eigenvalue weighted by atomic mass is 10.2. The summed E-state index contributed by atoms with van der Waals surface area (Å²) < 4.78 is 23.3. The monoisotopic (exact) mass is 208 g/mol. The van der Waals surface area contributed by atoms with Crippen molar-refractivity contribution in [2.75, 3.05) is 25.9 Å². The summed E-state index contributed by atoms with van der Waals surface area (Å²) in [4.78, 5) is 10.5. The Morgan fingerprint density at radius 3 is 2.69 bits per heavy atom. The molecule has 2 N–H and O–H groups in total. The summed E-state index contributed by atoms with van der Waals surface area (Å²) in [6, 6.07) is -0.788. The van der Waals surface area contributed by atoms with Gasteiger partial charge in [-0.05, 0) is 0 Å². The number of sulfonamides is 1. The maximum atomic E-state index is 11.1. The Balaban J connectivity index is 2.67. The normalized spacial score (nSPS) is 25.8. The lowest BCUT2D eigenvalue weighted by Crippen LogP contribution is -2.55. The molecular formula is C6H12N2O4S. The summed E-state index contributed by atoms with van der Waals surface area (Å²) >= 11 is 0. The van der Waals surface area contributed by atoms with Crippen molar-refractivity contribution in [1.82, 2.24) is 9.62 Å². The fraction of sp³-hybridized carbons (Fsp3) is 0.833. The van der Waals surface area contributed by atoms with Gasteiger partial charge in [0.05, 0.1) is 6.26 Å². The highest BCUT2D eigenvalue weighted by atomic mass is 32.2. The van der Waals surface area contributed by atoms with Crippen molar-refractivity contribution in [2.24, 2.45) is 0 Å². The molecule has 0 bridgehead atoms. The molecule has 76 valence electrons. The van der Waals surface area contributed by atoms with E-state index >= 15 is 0 Å². The highest BCUT2D eigenvalue weighted by molar-refractivity contribution is 7.88. The number of piperazine rings is 1. The summed E-state index contributed by atoms with van der Waals surface area (Å²) in [5, 5.41) is 11.4. The molecule has 0 aliphatic carbocycles. The Morgan fingerprint density at radius 1 is 1.62 bits per heavy atom. The fourth-order valence-electron chi connectivity index (χ4n) is 1.19. The number of nitrogens with zero attached hydrogens (tertiary/aromatic N) is 1. The van der Waals surface area contributed by atoms with Gasteiger partial charge in [-0.2, -0.15) is 4.31 Å². The first kappa shape index (κ1) is 10.4. The Hall–Kier alpha value is -0.660. The van der Waals surface area contributed by atoms with Gasteiger partial charge in [-0.15, -0.1) is 0 Å². The third kappa shape index (κ3) is 2.64. The van der Waals surface area contributed by atoms with E-state index in [1.165, 1.54) is 4.31 Å². The van der Waals surface area contributed by atoms with Gasteiger partial charge in [0.25, 0.3) is 0 Å². The Morgan fingerprint density at radius 2 is 2.23 bits per heavy atom. The van der Waals surface area contributed by atoms with Crippen LogP contribution in [0.4, 0.5) is 0 Å². The molecule has 0 saturated carbocycles.